The molecule has 0 heterocycles. The predicted molar refractivity (Wildman–Crippen MR) is 70.0 cm³/mol. The van der Waals surface area contributed by atoms with Crippen molar-refractivity contribution in [2.45, 2.75) is 18.9 Å². The third-order valence-electron chi connectivity index (χ3n) is 3.25. The van der Waals surface area contributed by atoms with Gasteiger partial charge in [-0.2, -0.15) is 0 Å². The number of hydrogen-bond acceptors (Lipinski definition) is 2. The van der Waals surface area contributed by atoms with Gasteiger partial charge >= 0.3 is 0 Å². The molecule has 0 aliphatic carbocycles. The molecular weight excluding hydrogens is 212 g/mol. The van der Waals surface area contributed by atoms with Crippen LogP contribution >= 0.6 is 0 Å². The van der Waals surface area contributed by atoms with Crippen LogP contribution < -0.4 is 0 Å². The van der Waals surface area contributed by atoms with Crippen LogP contribution in [-0.2, 0) is 10.3 Å². The van der Waals surface area contributed by atoms with E-state index in [0.29, 0.717) is 13.0 Å². The number of benzene rings is 2. The third kappa shape index (κ3) is 2.33. The second kappa shape index (κ2) is 4.86. The average Bonchev–Trinajstić information content (AvgIpc) is 2.38. The third-order valence-corrected chi connectivity index (χ3v) is 3.25. The maximum absolute atomic E-state index is 10.5. The van der Waals surface area contributed by atoms with Gasteiger partial charge in [0.1, 0.15) is 5.60 Å². The first-order chi connectivity index (χ1) is 8.19. The van der Waals surface area contributed by atoms with E-state index in [2.05, 4.69) is 12.1 Å². The first kappa shape index (κ1) is 12.1. The standard InChI is InChI=1S/C15H18O2/c1-3-15(16,11-17-2)14-9-8-12-6-4-5-7-13(12)10-14/h4-10,16H,3,11H2,1-2H3. The lowest BCUT2D eigenvalue weighted by atomic mass is 9.90. The Labute approximate surface area is 102 Å². The fourth-order valence-electron chi connectivity index (χ4n) is 2.11. The molecule has 0 radical (unpaired) electrons. The highest BCUT2D eigenvalue weighted by Crippen LogP contribution is 2.28. The van der Waals surface area contributed by atoms with Crippen molar-refractivity contribution in [1.29, 1.82) is 0 Å². The number of ether oxygens (including phenoxy) is 1. The summed E-state index contributed by atoms with van der Waals surface area (Å²) < 4.78 is 5.11. The van der Waals surface area contributed by atoms with Gasteiger partial charge in [0.2, 0.25) is 0 Å². The Morgan fingerprint density at radius 3 is 2.47 bits per heavy atom. The molecule has 2 nitrogen and oxygen atoms in total. The highest BCUT2D eigenvalue weighted by molar-refractivity contribution is 5.83. The van der Waals surface area contributed by atoms with Crippen LogP contribution in [-0.4, -0.2) is 18.8 Å². The summed E-state index contributed by atoms with van der Waals surface area (Å²) in [4.78, 5) is 0. The SMILES string of the molecule is CCC(O)(COC)c1ccc2ccccc2c1. The van der Waals surface area contributed by atoms with E-state index in [4.69, 9.17) is 4.74 Å². The molecule has 2 rings (SSSR count). The summed E-state index contributed by atoms with van der Waals surface area (Å²) in [7, 11) is 1.61. The molecular formula is C15H18O2. The van der Waals surface area contributed by atoms with E-state index in [1.165, 1.54) is 5.39 Å². The van der Waals surface area contributed by atoms with Gasteiger partial charge in [-0.25, -0.2) is 0 Å². The molecule has 0 amide bonds. The largest absolute Gasteiger partial charge is 0.383 e. The fraction of sp³-hybridized carbons (Fsp3) is 0.333. The molecule has 0 fully saturated rings. The van der Waals surface area contributed by atoms with Crippen molar-refractivity contribution >= 4 is 10.8 Å². The molecule has 0 saturated carbocycles. The topological polar surface area (TPSA) is 29.5 Å². The van der Waals surface area contributed by atoms with Crippen LogP contribution in [0.3, 0.4) is 0 Å². The Balaban J connectivity index is 2.47. The van der Waals surface area contributed by atoms with Crippen molar-refractivity contribution in [2.75, 3.05) is 13.7 Å². The highest BCUT2D eigenvalue weighted by Gasteiger charge is 2.27. The van der Waals surface area contributed by atoms with Gasteiger partial charge in [-0.05, 0) is 28.8 Å². The maximum Gasteiger partial charge on any atom is 0.113 e. The van der Waals surface area contributed by atoms with Gasteiger partial charge < -0.3 is 9.84 Å². The molecule has 1 N–H and O–H groups in total. The monoisotopic (exact) mass is 230 g/mol. The fourth-order valence-corrected chi connectivity index (χ4v) is 2.11. The lowest BCUT2D eigenvalue weighted by molar-refractivity contribution is -0.0385. The quantitative estimate of drug-likeness (QED) is 0.874. The second-order valence-corrected chi connectivity index (χ2v) is 4.38. The van der Waals surface area contributed by atoms with Crippen LogP contribution in [0.25, 0.3) is 10.8 Å². The molecule has 2 heteroatoms. The average molecular weight is 230 g/mol. The van der Waals surface area contributed by atoms with E-state index < -0.39 is 5.60 Å². The van der Waals surface area contributed by atoms with E-state index in [-0.39, 0.29) is 0 Å². The van der Waals surface area contributed by atoms with Gasteiger partial charge in [0.05, 0.1) is 6.61 Å². The van der Waals surface area contributed by atoms with Crippen LogP contribution in [0.1, 0.15) is 18.9 Å². The van der Waals surface area contributed by atoms with Gasteiger partial charge in [0.15, 0.2) is 0 Å². The molecule has 0 bridgehead atoms. The molecule has 0 spiro atoms. The van der Waals surface area contributed by atoms with Crippen molar-refractivity contribution in [3.63, 3.8) is 0 Å². The van der Waals surface area contributed by atoms with E-state index >= 15 is 0 Å². The van der Waals surface area contributed by atoms with E-state index in [0.717, 1.165) is 10.9 Å². The Morgan fingerprint density at radius 1 is 1.12 bits per heavy atom. The summed E-state index contributed by atoms with van der Waals surface area (Å²) in [6, 6.07) is 14.2. The minimum atomic E-state index is -0.890. The molecule has 1 atom stereocenters. The van der Waals surface area contributed by atoms with Crippen molar-refractivity contribution in [3.05, 3.63) is 48.0 Å². The molecule has 0 aliphatic heterocycles. The Morgan fingerprint density at radius 2 is 1.82 bits per heavy atom. The number of hydrogen-bond donors (Lipinski definition) is 1. The molecule has 0 aliphatic rings. The Bertz CT molecular complexity index is 507. The molecule has 2 aromatic rings. The maximum atomic E-state index is 10.5. The normalized spacial score (nSPS) is 14.8. The zero-order valence-electron chi connectivity index (χ0n) is 10.3. The van der Waals surface area contributed by atoms with Gasteiger partial charge in [-0.15, -0.1) is 0 Å². The van der Waals surface area contributed by atoms with Crippen LogP contribution in [0.15, 0.2) is 42.5 Å². The van der Waals surface area contributed by atoms with Gasteiger partial charge in [0.25, 0.3) is 0 Å². The Kier molecular flexibility index (Phi) is 3.46. The van der Waals surface area contributed by atoms with Crippen LogP contribution in [0, 0.1) is 0 Å². The summed E-state index contributed by atoms with van der Waals surface area (Å²) in [5.74, 6) is 0. The summed E-state index contributed by atoms with van der Waals surface area (Å²) in [5.41, 5.74) is 0.0271. The summed E-state index contributed by atoms with van der Waals surface area (Å²) in [6.45, 7) is 2.29. The van der Waals surface area contributed by atoms with Crippen molar-refractivity contribution in [1.82, 2.24) is 0 Å². The summed E-state index contributed by atoms with van der Waals surface area (Å²) in [5, 5.41) is 12.9. The minimum absolute atomic E-state index is 0.321. The summed E-state index contributed by atoms with van der Waals surface area (Å²) in [6.07, 6.45) is 0.638. The first-order valence-electron chi connectivity index (χ1n) is 5.90. The van der Waals surface area contributed by atoms with Gasteiger partial charge in [-0.1, -0.05) is 43.3 Å². The van der Waals surface area contributed by atoms with E-state index in [1.54, 1.807) is 7.11 Å². The highest BCUT2D eigenvalue weighted by atomic mass is 16.5. The number of rotatable bonds is 4. The minimum Gasteiger partial charge on any atom is -0.383 e. The van der Waals surface area contributed by atoms with Crippen molar-refractivity contribution in [3.8, 4) is 0 Å². The van der Waals surface area contributed by atoms with Crippen LogP contribution in [0.4, 0.5) is 0 Å². The molecule has 90 valence electrons. The van der Waals surface area contributed by atoms with Crippen molar-refractivity contribution in [2.24, 2.45) is 0 Å². The van der Waals surface area contributed by atoms with Crippen LogP contribution in [0.5, 0.6) is 0 Å². The van der Waals surface area contributed by atoms with Gasteiger partial charge in [0, 0.05) is 7.11 Å². The van der Waals surface area contributed by atoms with E-state index in [9.17, 15) is 5.11 Å². The van der Waals surface area contributed by atoms with Crippen LogP contribution in [0.2, 0.25) is 0 Å². The zero-order valence-corrected chi connectivity index (χ0v) is 10.3. The predicted octanol–water partition coefficient (Wildman–Crippen LogP) is 3.08. The lowest BCUT2D eigenvalue weighted by Crippen LogP contribution is -2.30. The molecule has 2 aromatic carbocycles. The summed E-state index contributed by atoms with van der Waals surface area (Å²) >= 11 is 0. The lowest BCUT2D eigenvalue weighted by Gasteiger charge is -2.26. The number of aliphatic hydroxyl groups is 1. The molecule has 0 aromatic heterocycles. The van der Waals surface area contributed by atoms with E-state index in [1.807, 2.05) is 37.3 Å². The number of fused-ring (bicyclic) bond motifs is 1. The van der Waals surface area contributed by atoms with Crippen molar-refractivity contribution < 1.29 is 9.84 Å². The first-order valence-corrected chi connectivity index (χ1v) is 5.90. The molecule has 1 unspecified atom stereocenters. The smallest absolute Gasteiger partial charge is 0.113 e. The number of methoxy groups -OCH3 is 1. The zero-order chi connectivity index (χ0) is 12.3. The Hall–Kier alpha value is -1.38. The molecule has 17 heavy (non-hydrogen) atoms. The molecule has 0 saturated heterocycles. The second-order valence-electron chi connectivity index (χ2n) is 4.38. The van der Waals surface area contributed by atoms with Gasteiger partial charge in [-0.3, -0.25) is 0 Å².